The molecule has 6 bridgehead atoms. The first-order valence-corrected chi connectivity index (χ1v) is 16.9. The van der Waals surface area contributed by atoms with E-state index in [-0.39, 0.29) is 36.1 Å². The summed E-state index contributed by atoms with van der Waals surface area (Å²) in [6.45, 7) is 10.9. The van der Waals surface area contributed by atoms with Gasteiger partial charge in [-0.05, 0) is 91.9 Å². The van der Waals surface area contributed by atoms with E-state index in [1.807, 2.05) is 20.8 Å². The first kappa shape index (κ1) is 36.8. The maximum atomic E-state index is 11.9. The van der Waals surface area contributed by atoms with Crippen LogP contribution in [0.3, 0.4) is 0 Å². The molecule has 45 heavy (non-hydrogen) atoms. The van der Waals surface area contributed by atoms with Gasteiger partial charge in [0.2, 0.25) is 0 Å². The first-order chi connectivity index (χ1) is 21.2. The maximum absolute atomic E-state index is 11.9. The summed E-state index contributed by atoms with van der Waals surface area (Å²) in [7, 11) is 0. The molecule has 4 saturated heterocycles. The molecule has 4 aliphatic heterocycles. The van der Waals surface area contributed by atoms with Gasteiger partial charge in [0, 0.05) is 73.8 Å². The molecule has 9 aliphatic rings. The van der Waals surface area contributed by atoms with Gasteiger partial charge in [0.05, 0.1) is 13.2 Å². The van der Waals surface area contributed by atoms with E-state index in [2.05, 4.69) is 4.74 Å². The third-order valence-electron chi connectivity index (χ3n) is 9.38. The standard InChI is InChI=1S/C12H19NO3.C10H15NO3.C8H12O.C3H5ClO2/c1-12(2,3)16-11(15)13-7-8-4-5-9(13)6-10(8)14;1-2-14-10(13)11-6-7-3-4-8(11)5-9(7)12;9-8-5-6-1-3-7(8)4-2-6;1-2-6-3(4)5/h8-9H,4-7H2,1-3H3;7-8H,2-6H2,1H3;6-7H,1-5H2;2H2,1H3. The van der Waals surface area contributed by atoms with Crippen molar-refractivity contribution >= 4 is 46.6 Å². The normalized spacial score (nSPS) is 29.3. The minimum absolute atomic E-state index is 0.0533. The zero-order valence-electron chi connectivity index (χ0n) is 27.5. The lowest BCUT2D eigenvalue weighted by Gasteiger charge is -2.44. The van der Waals surface area contributed by atoms with Crippen LogP contribution < -0.4 is 0 Å². The molecule has 2 amide bonds. The van der Waals surface area contributed by atoms with Crippen molar-refractivity contribution in [2.45, 2.75) is 123 Å². The van der Waals surface area contributed by atoms with Crippen LogP contribution in [0.4, 0.5) is 14.4 Å². The minimum atomic E-state index is -0.738. The van der Waals surface area contributed by atoms with Gasteiger partial charge >= 0.3 is 17.6 Å². The van der Waals surface area contributed by atoms with Crippen molar-refractivity contribution in [1.82, 2.24) is 9.80 Å². The molecule has 5 aliphatic carbocycles. The van der Waals surface area contributed by atoms with Gasteiger partial charge in [0.1, 0.15) is 23.0 Å². The van der Waals surface area contributed by atoms with E-state index in [9.17, 15) is 28.8 Å². The van der Waals surface area contributed by atoms with Gasteiger partial charge in [-0.1, -0.05) is 0 Å². The third-order valence-corrected chi connectivity index (χ3v) is 9.49. The molecular formula is C33H51ClN2O9. The van der Waals surface area contributed by atoms with Crippen molar-refractivity contribution in [3.8, 4) is 0 Å². The van der Waals surface area contributed by atoms with E-state index in [0.717, 1.165) is 38.0 Å². The van der Waals surface area contributed by atoms with Crippen molar-refractivity contribution in [1.29, 1.82) is 0 Å². The van der Waals surface area contributed by atoms with Crippen molar-refractivity contribution in [2.24, 2.45) is 23.7 Å². The average Bonchev–Trinajstić information content (AvgIpc) is 2.98. The molecule has 0 aromatic rings. The van der Waals surface area contributed by atoms with E-state index in [4.69, 9.17) is 21.1 Å². The maximum Gasteiger partial charge on any atom is 0.410 e. The molecule has 4 atom stereocenters. The SMILES string of the molecule is CC(C)(C)OC(=O)N1CC2CCC1CC2=O.CCOC(=O)Cl.CCOC(=O)N1CC2CCC1CC2=O.O=C1CC2CCC1CC2. The Labute approximate surface area is 272 Å². The fraction of sp³-hybridized carbons (Fsp3) is 0.818. The van der Waals surface area contributed by atoms with Crippen LogP contribution in [-0.4, -0.2) is 88.8 Å². The zero-order valence-corrected chi connectivity index (χ0v) is 28.3. The number of hydrogen-bond acceptors (Lipinski definition) is 9. The third kappa shape index (κ3) is 11.0. The molecule has 4 heterocycles. The molecule has 9 rings (SSSR count). The molecule has 0 spiro atoms. The molecular weight excluding hydrogens is 604 g/mol. The summed E-state index contributed by atoms with van der Waals surface area (Å²) in [5.74, 6) is 2.58. The van der Waals surface area contributed by atoms with Gasteiger partial charge in [0.15, 0.2) is 0 Å². The molecule has 0 aromatic heterocycles. The highest BCUT2D eigenvalue weighted by molar-refractivity contribution is 6.61. The summed E-state index contributed by atoms with van der Waals surface area (Å²) in [6, 6.07) is 0.180. The number of ketones is 3. The number of hydrogen-bond donors (Lipinski definition) is 0. The Kier molecular flexibility index (Phi) is 13.7. The molecule has 5 saturated carbocycles. The predicted molar refractivity (Wildman–Crippen MR) is 167 cm³/mol. The van der Waals surface area contributed by atoms with Crippen molar-refractivity contribution in [3.05, 3.63) is 0 Å². The minimum Gasteiger partial charge on any atom is -0.454 e. The number of fused-ring (bicyclic) bond motifs is 9. The second kappa shape index (κ2) is 16.7. The Bertz CT molecular complexity index is 1080. The number of rotatable bonds is 2. The molecule has 11 nitrogen and oxygen atoms in total. The van der Waals surface area contributed by atoms with Crippen LogP contribution in [0.5, 0.6) is 0 Å². The Morgan fingerprint density at radius 1 is 0.667 bits per heavy atom. The average molecular weight is 655 g/mol. The highest BCUT2D eigenvalue weighted by Crippen LogP contribution is 2.38. The zero-order chi connectivity index (χ0) is 33.3. The lowest BCUT2D eigenvalue weighted by molar-refractivity contribution is -0.132. The second-order valence-electron chi connectivity index (χ2n) is 13.7. The van der Waals surface area contributed by atoms with E-state index in [1.54, 1.807) is 23.6 Å². The summed E-state index contributed by atoms with van der Waals surface area (Å²) in [5, 5.41) is 0. The number of halogens is 1. The van der Waals surface area contributed by atoms with Gasteiger partial charge in [-0.2, -0.15) is 0 Å². The largest absolute Gasteiger partial charge is 0.454 e. The smallest absolute Gasteiger partial charge is 0.410 e. The van der Waals surface area contributed by atoms with Crippen molar-refractivity contribution < 1.29 is 43.0 Å². The molecule has 12 heteroatoms. The van der Waals surface area contributed by atoms with Gasteiger partial charge < -0.3 is 24.0 Å². The summed E-state index contributed by atoms with van der Waals surface area (Å²) < 4.78 is 14.5. The van der Waals surface area contributed by atoms with Crippen LogP contribution in [0, 0.1) is 23.7 Å². The molecule has 254 valence electrons. The van der Waals surface area contributed by atoms with Gasteiger partial charge in [-0.15, -0.1) is 0 Å². The summed E-state index contributed by atoms with van der Waals surface area (Å²) >= 11 is 4.72. The Morgan fingerprint density at radius 3 is 1.38 bits per heavy atom. The highest BCUT2D eigenvalue weighted by atomic mass is 35.5. The number of ether oxygens (including phenoxy) is 3. The van der Waals surface area contributed by atoms with Crippen molar-refractivity contribution in [2.75, 3.05) is 26.3 Å². The molecule has 4 unspecified atom stereocenters. The van der Waals surface area contributed by atoms with E-state index < -0.39 is 11.0 Å². The summed E-state index contributed by atoms with van der Waals surface area (Å²) in [4.78, 5) is 70.4. The van der Waals surface area contributed by atoms with E-state index >= 15 is 0 Å². The predicted octanol–water partition coefficient (Wildman–Crippen LogP) is 6.32. The van der Waals surface area contributed by atoms with Gasteiger partial charge in [0.25, 0.3) is 0 Å². The summed E-state index contributed by atoms with van der Waals surface area (Å²) in [6.07, 6.45) is 10.3. The Balaban J connectivity index is 0.000000173. The van der Waals surface area contributed by atoms with Crippen LogP contribution in [0.15, 0.2) is 0 Å². The molecule has 0 aromatic carbocycles. The molecule has 9 fully saturated rings. The lowest BCUT2D eigenvalue weighted by atomic mass is 9.70. The monoisotopic (exact) mass is 654 g/mol. The van der Waals surface area contributed by atoms with E-state index in [0.29, 0.717) is 62.4 Å². The molecule has 0 radical (unpaired) electrons. The Morgan fingerprint density at radius 2 is 1.11 bits per heavy atom. The van der Waals surface area contributed by atoms with Gasteiger partial charge in [-0.3, -0.25) is 14.4 Å². The fourth-order valence-corrected chi connectivity index (χ4v) is 7.14. The fourth-order valence-electron chi connectivity index (χ4n) is 7.03. The Hall–Kier alpha value is -2.69. The topological polar surface area (TPSA) is 137 Å². The van der Waals surface area contributed by atoms with Crippen LogP contribution in [-0.2, 0) is 28.6 Å². The number of piperidine rings is 4. The molecule has 0 N–H and O–H groups in total. The van der Waals surface area contributed by atoms with Crippen LogP contribution in [0.25, 0.3) is 0 Å². The number of amides is 2. The number of carbonyl (C=O) groups is 6. The summed E-state index contributed by atoms with van der Waals surface area (Å²) in [5.41, 5.74) is -1.20. The lowest BCUT2D eigenvalue weighted by Crippen LogP contribution is -2.55. The first-order valence-electron chi connectivity index (χ1n) is 16.6. The van der Waals surface area contributed by atoms with E-state index in [1.165, 1.54) is 25.7 Å². The number of carbonyl (C=O) groups excluding carboxylic acids is 6. The number of nitrogens with zero attached hydrogens (tertiary/aromatic N) is 2. The second-order valence-corrected chi connectivity index (χ2v) is 14.0. The van der Waals surface area contributed by atoms with Gasteiger partial charge in [-0.25, -0.2) is 14.4 Å². The van der Waals surface area contributed by atoms with Crippen LogP contribution in [0.1, 0.15) is 105 Å². The number of Topliss-reactive ketones (excluding diaryl/α,β-unsaturated/α-hetero) is 3. The highest BCUT2D eigenvalue weighted by Gasteiger charge is 2.43. The van der Waals surface area contributed by atoms with Crippen LogP contribution >= 0.6 is 11.6 Å². The quantitative estimate of drug-likeness (QED) is 0.247. The van der Waals surface area contributed by atoms with Crippen molar-refractivity contribution in [3.63, 3.8) is 0 Å². The van der Waals surface area contributed by atoms with Crippen LogP contribution in [0.2, 0.25) is 0 Å².